The Kier molecular flexibility index (Phi) is 6.18. The number of hydrogen-bond donors (Lipinski definition) is 2. The first-order valence-corrected chi connectivity index (χ1v) is 10.7. The van der Waals surface area contributed by atoms with Gasteiger partial charge in [-0.1, -0.05) is 6.07 Å². The largest absolute Gasteiger partial charge is 0.493 e. The highest BCUT2D eigenvalue weighted by Crippen LogP contribution is 2.37. The maximum absolute atomic E-state index is 11.5. The molecule has 0 saturated carbocycles. The number of carbonyl (C=O) groups excluding carboxylic acids is 1. The summed E-state index contributed by atoms with van der Waals surface area (Å²) in [5.74, 6) is 2.26. The lowest BCUT2D eigenvalue weighted by molar-refractivity contribution is -0.119. The normalized spacial score (nSPS) is 15.2. The van der Waals surface area contributed by atoms with Gasteiger partial charge in [0, 0.05) is 43.2 Å². The van der Waals surface area contributed by atoms with Crippen LogP contribution >= 0.6 is 0 Å². The first-order chi connectivity index (χ1) is 15.9. The fourth-order valence-electron chi connectivity index (χ4n) is 4.04. The fraction of sp³-hybridized carbons (Fsp3) is 0.333. The monoisotopic (exact) mass is 446 g/mol. The summed E-state index contributed by atoms with van der Waals surface area (Å²) in [5.41, 5.74) is 2.91. The molecular weight excluding hydrogens is 420 g/mol. The number of nitrogens with one attached hydrogen (secondary N) is 2. The smallest absolute Gasteiger partial charge is 0.229 e. The van der Waals surface area contributed by atoms with Crippen molar-refractivity contribution in [1.82, 2.24) is 15.3 Å². The summed E-state index contributed by atoms with van der Waals surface area (Å²) in [6.45, 7) is 4.81. The molecule has 1 saturated heterocycles. The zero-order valence-corrected chi connectivity index (χ0v) is 19.1. The quantitative estimate of drug-likeness (QED) is 0.593. The summed E-state index contributed by atoms with van der Waals surface area (Å²) in [5, 5.41) is 16.4. The van der Waals surface area contributed by atoms with Crippen LogP contribution in [0.3, 0.4) is 0 Å². The van der Waals surface area contributed by atoms with Crippen LogP contribution in [0.4, 0.5) is 17.5 Å². The van der Waals surface area contributed by atoms with Gasteiger partial charge in [-0.3, -0.25) is 4.79 Å². The molecule has 4 rings (SSSR count). The average Bonchev–Trinajstić information content (AvgIpc) is 3.26. The van der Waals surface area contributed by atoms with Gasteiger partial charge in [0.1, 0.15) is 5.82 Å². The van der Waals surface area contributed by atoms with Crippen LogP contribution in [0.15, 0.2) is 30.3 Å². The zero-order chi connectivity index (χ0) is 23.5. The Labute approximate surface area is 192 Å². The van der Waals surface area contributed by atoms with E-state index in [1.807, 2.05) is 31.2 Å². The standard InChI is InChI=1S/C24H26N6O3/c1-14-5-6-17(9-16(14)12-25)27-24-28-20-11-22(33-4)21(32-3)10-19(20)23(29-24)30-8-7-18(13-30)26-15(2)31/h5-6,9-11,18H,7-8,13H2,1-4H3,(H,26,31)(H,27,28,29). The van der Waals surface area contributed by atoms with Gasteiger partial charge in [-0.15, -0.1) is 0 Å². The summed E-state index contributed by atoms with van der Waals surface area (Å²) in [6.07, 6.45) is 0.824. The summed E-state index contributed by atoms with van der Waals surface area (Å²) in [7, 11) is 3.17. The number of aromatic nitrogens is 2. The lowest BCUT2D eigenvalue weighted by Gasteiger charge is -2.21. The van der Waals surface area contributed by atoms with Crippen molar-refractivity contribution in [3.8, 4) is 17.6 Å². The summed E-state index contributed by atoms with van der Waals surface area (Å²) < 4.78 is 11.0. The van der Waals surface area contributed by atoms with Gasteiger partial charge < -0.3 is 25.0 Å². The molecule has 2 heterocycles. The third kappa shape index (κ3) is 4.60. The molecule has 0 radical (unpaired) electrons. The number of aryl methyl sites for hydroxylation is 1. The first kappa shape index (κ1) is 22.1. The molecule has 1 aliphatic rings. The SMILES string of the molecule is COc1cc2nc(Nc3ccc(C)c(C#N)c3)nc(N3CCC(NC(C)=O)C3)c2cc1OC. The number of methoxy groups -OCH3 is 2. The van der Waals surface area contributed by atoms with Crippen molar-refractivity contribution >= 4 is 34.3 Å². The average molecular weight is 447 g/mol. The number of hydrogen-bond acceptors (Lipinski definition) is 8. The minimum Gasteiger partial charge on any atom is -0.493 e. The van der Waals surface area contributed by atoms with Gasteiger partial charge in [-0.25, -0.2) is 4.98 Å². The number of anilines is 3. The van der Waals surface area contributed by atoms with E-state index < -0.39 is 0 Å². The molecule has 1 unspecified atom stereocenters. The summed E-state index contributed by atoms with van der Waals surface area (Å²) in [6, 6.07) is 11.5. The number of carbonyl (C=O) groups is 1. The maximum Gasteiger partial charge on any atom is 0.229 e. The van der Waals surface area contributed by atoms with Gasteiger partial charge in [0.15, 0.2) is 11.5 Å². The van der Waals surface area contributed by atoms with Gasteiger partial charge in [-0.05, 0) is 37.1 Å². The van der Waals surface area contributed by atoms with Crippen molar-refractivity contribution < 1.29 is 14.3 Å². The van der Waals surface area contributed by atoms with Gasteiger partial charge in [0.2, 0.25) is 11.9 Å². The maximum atomic E-state index is 11.5. The van der Waals surface area contributed by atoms with Crippen LogP contribution in [0.1, 0.15) is 24.5 Å². The van der Waals surface area contributed by atoms with Crippen LogP contribution in [-0.4, -0.2) is 49.2 Å². The van der Waals surface area contributed by atoms with Gasteiger partial charge in [0.05, 0.1) is 31.4 Å². The second-order valence-electron chi connectivity index (χ2n) is 7.99. The van der Waals surface area contributed by atoms with Gasteiger partial charge >= 0.3 is 0 Å². The predicted molar refractivity (Wildman–Crippen MR) is 126 cm³/mol. The third-order valence-corrected chi connectivity index (χ3v) is 5.69. The van der Waals surface area contributed by atoms with Gasteiger partial charge in [-0.2, -0.15) is 10.2 Å². The molecule has 3 aromatic rings. The van der Waals surface area contributed by atoms with E-state index in [4.69, 9.17) is 19.4 Å². The van der Waals surface area contributed by atoms with Crippen molar-refractivity contribution in [3.05, 3.63) is 41.5 Å². The van der Waals surface area contributed by atoms with Crippen molar-refractivity contribution in [2.45, 2.75) is 26.3 Å². The first-order valence-electron chi connectivity index (χ1n) is 10.7. The Balaban J connectivity index is 1.78. The molecule has 9 heteroatoms. The Hall–Kier alpha value is -4.06. The van der Waals surface area contributed by atoms with E-state index in [0.29, 0.717) is 35.1 Å². The molecule has 1 aliphatic heterocycles. The minimum atomic E-state index is -0.0455. The van der Waals surface area contributed by atoms with Crippen LogP contribution in [0, 0.1) is 18.3 Å². The van der Waals surface area contributed by atoms with E-state index in [1.54, 1.807) is 20.3 Å². The van der Waals surface area contributed by atoms with E-state index in [2.05, 4.69) is 21.6 Å². The van der Waals surface area contributed by atoms with Crippen molar-refractivity contribution in [2.24, 2.45) is 0 Å². The number of fused-ring (bicyclic) bond motifs is 1. The van der Waals surface area contributed by atoms with Crippen LogP contribution in [0.5, 0.6) is 11.5 Å². The highest BCUT2D eigenvalue weighted by atomic mass is 16.5. The second kappa shape index (κ2) is 9.20. The van der Waals surface area contributed by atoms with Crippen LogP contribution < -0.4 is 25.0 Å². The van der Waals surface area contributed by atoms with E-state index >= 15 is 0 Å². The molecule has 1 fully saturated rings. The molecule has 1 atom stereocenters. The number of nitriles is 1. The van der Waals surface area contributed by atoms with E-state index in [1.165, 1.54) is 6.92 Å². The van der Waals surface area contributed by atoms with Crippen molar-refractivity contribution in [1.29, 1.82) is 5.26 Å². The lowest BCUT2D eigenvalue weighted by Crippen LogP contribution is -2.35. The number of benzene rings is 2. The van der Waals surface area contributed by atoms with Crippen LogP contribution in [0.2, 0.25) is 0 Å². The topological polar surface area (TPSA) is 112 Å². The molecule has 1 amide bonds. The van der Waals surface area contributed by atoms with E-state index in [-0.39, 0.29) is 11.9 Å². The molecule has 0 aliphatic carbocycles. The molecular formula is C24H26N6O3. The van der Waals surface area contributed by atoms with Crippen molar-refractivity contribution in [2.75, 3.05) is 37.5 Å². The van der Waals surface area contributed by atoms with Crippen LogP contribution in [-0.2, 0) is 4.79 Å². The Bertz CT molecular complexity index is 1250. The number of ether oxygens (including phenoxy) is 2. The number of nitrogens with zero attached hydrogens (tertiary/aromatic N) is 4. The third-order valence-electron chi connectivity index (χ3n) is 5.69. The summed E-state index contributed by atoms with van der Waals surface area (Å²) >= 11 is 0. The molecule has 0 spiro atoms. The number of rotatable bonds is 6. The predicted octanol–water partition coefficient (Wildman–Crippen LogP) is 3.29. The highest BCUT2D eigenvalue weighted by Gasteiger charge is 2.27. The van der Waals surface area contributed by atoms with Gasteiger partial charge in [0.25, 0.3) is 0 Å². The molecule has 33 heavy (non-hydrogen) atoms. The molecule has 1 aromatic heterocycles. The minimum absolute atomic E-state index is 0.0455. The molecule has 170 valence electrons. The molecule has 2 N–H and O–H groups in total. The number of amides is 1. The lowest BCUT2D eigenvalue weighted by atomic mass is 10.1. The molecule has 0 bridgehead atoms. The second-order valence-corrected chi connectivity index (χ2v) is 7.99. The zero-order valence-electron chi connectivity index (χ0n) is 19.1. The Morgan fingerprint density at radius 1 is 1.18 bits per heavy atom. The molecule has 2 aromatic carbocycles. The van der Waals surface area contributed by atoms with Crippen LogP contribution in [0.25, 0.3) is 10.9 Å². The molecule has 9 nitrogen and oxygen atoms in total. The summed E-state index contributed by atoms with van der Waals surface area (Å²) in [4.78, 5) is 23.2. The van der Waals surface area contributed by atoms with Crippen molar-refractivity contribution in [3.63, 3.8) is 0 Å². The van der Waals surface area contributed by atoms with E-state index in [9.17, 15) is 10.1 Å². The highest BCUT2D eigenvalue weighted by molar-refractivity contribution is 5.93. The Morgan fingerprint density at radius 2 is 1.94 bits per heavy atom. The Morgan fingerprint density at radius 3 is 2.64 bits per heavy atom. The van der Waals surface area contributed by atoms with E-state index in [0.717, 1.165) is 35.4 Å². The fourth-order valence-corrected chi connectivity index (χ4v) is 4.04.